The summed E-state index contributed by atoms with van der Waals surface area (Å²) in [7, 11) is 0. The molecule has 0 aromatic rings. The average molecular weight is 276 g/mol. The Morgan fingerprint density at radius 3 is 1.74 bits per heavy atom. The van der Waals surface area contributed by atoms with Crippen LogP contribution in [0.4, 0.5) is 9.59 Å². The molecule has 8 heteroatoms. The molecule has 0 bridgehead atoms. The van der Waals surface area contributed by atoms with E-state index in [0.717, 1.165) is 0 Å². The number of ether oxygens (including phenoxy) is 3. The summed E-state index contributed by atoms with van der Waals surface area (Å²) in [6.07, 6.45) is -0.996. The van der Waals surface area contributed by atoms with E-state index in [1.54, 1.807) is 20.8 Å². The zero-order chi connectivity index (χ0) is 14.7. The highest BCUT2D eigenvalue weighted by Crippen LogP contribution is 2.03. The number of nitrogens with one attached hydrogen (secondary N) is 2. The van der Waals surface area contributed by atoms with E-state index < -0.39 is 24.6 Å². The van der Waals surface area contributed by atoms with Gasteiger partial charge in [0.05, 0.1) is 0 Å². The fourth-order valence-electron chi connectivity index (χ4n) is 0.989. The van der Waals surface area contributed by atoms with Gasteiger partial charge >= 0.3 is 24.6 Å². The molecular weight excluding hydrogens is 256 g/mol. The van der Waals surface area contributed by atoms with Crippen molar-refractivity contribution in [3.8, 4) is 0 Å². The minimum absolute atomic E-state index is 0.133. The number of amides is 2. The van der Waals surface area contributed by atoms with Gasteiger partial charge in [-0.3, -0.25) is 4.79 Å². The summed E-state index contributed by atoms with van der Waals surface area (Å²) >= 11 is 0. The lowest BCUT2D eigenvalue weighted by molar-refractivity contribution is -0.227. The van der Waals surface area contributed by atoms with Crippen LogP contribution >= 0.6 is 0 Å². The molecule has 0 aliphatic rings. The first-order valence-corrected chi connectivity index (χ1v) is 6.11. The second kappa shape index (κ2) is 9.98. The molecule has 110 valence electrons. The molecule has 0 unspecified atom stereocenters. The lowest BCUT2D eigenvalue weighted by Crippen LogP contribution is -2.37. The highest BCUT2D eigenvalue weighted by molar-refractivity contribution is 5.71. The van der Waals surface area contributed by atoms with E-state index in [-0.39, 0.29) is 6.42 Å². The molecule has 0 saturated carbocycles. The van der Waals surface area contributed by atoms with Gasteiger partial charge < -0.3 is 24.8 Å². The van der Waals surface area contributed by atoms with Crippen LogP contribution in [0.3, 0.4) is 0 Å². The molecule has 0 saturated heterocycles. The Hall–Kier alpha value is -1.99. The zero-order valence-electron chi connectivity index (χ0n) is 11.4. The summed E-state index contributed by atoms with van der Waals surface area (Å²) in [4.78, 5) is 33.7. The van der Waals surface area contributed by atoms with Crippen LogP contribution in [0.25, 0.3) is 0 Å². The van der Waals surface area contributed by atoms with Gasteiger partial charge in [0.15, 0.2) is 0 Å². The Bertz CT molecular complexity index is 260. The molecule has 2 amide bonds. The third-order valence-corrected chi connectivity index (χ3v) is 1.73. The van der Waals surface area contributed by atoms with E-state index in [0.29, 0.717) is 19.5 Å². The maximum atomic E-state index is 11.3. The summed E-state index contributed by atoms with van der Waals surface area (Å²) in [5.74, 6) is -0.624. The number of esters is 1. The van der Waals surface area contributed by atoms with Crippen molar-refractivity contribution in [2.75, 3.05) is 13.1 Å². The topological polar surface area (TPSA) is 103 Å². The molecule has 8 nitrogen and oxygen atoms in total. The first-order valence-electron chi connectivity index (χ1n) is 6.11. The third kappa shape index (κ3) is 8.70. The van der Waals surface area contributed by atoms with Gasteiger partial charge in [-0.05, 0) is 20.3 Å². The lowest BCUT2D eigenvalue weighted by Gasteiger charge is -2.17. The lowest BCUT2D eigenvalue weighted by atomic mass is 10.3. The number of hydrogen-bond donors (Lipinski definition) is 2. The maximum absolute atomic E-state index is 11.3. The summed E-state index contributed by atoms with van der Waals surface area (Å²) in [6, 6.07) is 0. The molecule has 0 radical (unpaired) electrons. The van der Waals surface area contributed by atoms with Gasteiger partial charge in [0.2, 0.25) is 0 Å². The second-order valence-corrected chi connectivity index (χ2v) is 3.40. The van der Waals surface area contributed by atoms with E-state index >= 15 is 0 Å². The van der Waals surface area contributed by atoms with E-state index in [1.807, 2.05) is 0 Å². The zero-order valence-corrected chi connectivity index (χ0v) is 11.4. The second-order valence-electron chi connectivity index (χ2n) is 3.40. The summed E-state index contributed by atoms with van der Waals surface area (Å²) in [6.45, 7) is 4.11. The van der Waals surface area contributed by atoms with Crippen LogP contribution in [0.5, 0.6) is 0 Å². The molecule has 0 rings (SSSR count). The van der Waals surface area contributed by atoms with Crippen LogP contribution in [0.1, 0.15) is 33.6 Å². The summed E-state index contributed by atoms with van der Waals surface area (Å²) in [5, 5.41) is 4.64. The van der Waals surface area contributed by atoms with Crippen molar-refractivity contribution in [2.24, 2.45) is 0 Å². The molecular formula is C11H20N2O6. The van der Waals surface area contributed by atoms with Gasteiger partial charge in [0.1, 0.15) is 0 Å². The van der Waals surface area contributed by atoms with E-state index in [1.165, 1.54) is 0 Å². The SMILES string of the molecule is CCCC(=O)OC(OC(=O)NCC)OC(=O)NCC. The summed E-state index contributed by atoms with van der Waals surface area (Å²) in [5.41, 5.74) is 0. The third-order valence-electron chi connectivity index (χ3n) is 1.73. The largest absolute Gasteiger partial charge is 0.415 e. The number of carbonyl (C=O) groups excluding carboxylic acids is 3. The number of alkyl carbamates (subject to hydrolysis) is 2. The van der Waals surface area contributed by atoms with Gasteiger partial charge in [-0.15, -0.1) is 0 Å². The van der Waals surface area contributed by atoms with Crippen LogP contribution in [-0.4, -0.2) is 37.7 Å². The minimum atomic E-state index is -1.70. The molecule has 19 heavy (non-hydrogen) atoms. The van der Waals surface area contributed by atoms with E-state index in [9.17, 15) is 14.4 Å². The average Bonchev–Trinajstić information content (AvgIpc) is 2.29. The monoisotopic (exact) mass is 276 g/mol. The maximum Gasteiger partial charge on any atom is 0.415 e. The fourth-order valence-corrected chi connectivity index (χ4v) is 0.989. The Balaban J connectivity index is 4.40. The molecule has 0 fully saturated rings. The standard InChI is InChI=1S/C11H20N2O6/c1-4-7-8(14)17-11(18-9(15)12-5-2)19-10(16)13-6-3/h11H,4-7H2,1-3H3,(H,12,15)(H,13,16). The van der Waals surface area contributed by atoms with Crippen molar-refractivity contribution in [2.45, 2.75) is 40.1 Å². The van der Waals surface area contributed by atoms with Crippen LogP contribution in [0, 0.1) is 0 Å². The Kier molecular flexibility index (Phi) is 8.94. The normalized spacial score (nSPS) is 9.68. The molecule has 0 aliphatic heterocycles. The molecule has 0 heterocycles. The van der Waals surface area contributed by atoms with Crippen molar-refractivity contribution >= 4 is 18.2 Å². The molecule has 0 aromatic heterocycles. The number of hydrogen-bond acceptors (Lipinski definition) is 6. The predicted molar refractivity (Wildman–Crippen MR) is 65.1 cm³/mol. The highest BCUT2D eigenvalue weighted by atomic mass is 16.9. The molecule has 2 N–H and O–H groups in total. The molecule has 0 aromatic carbocycles. The molecule has 0 aliphatic carbocycles. The van der Waals surface area contributed by atoms with Crippen molar-refractivity contribution in [1.82, 2.24) is 10.6 Å². The highest BCUT2D eigenvalue weighted by Gasteiger charge is 2.22. The molecule has 0 spiro atoms. The predicted octanol–water partition coefficient (Wildman–Crippen LogP) is 1.11. The van der Waals surface area contributed by atoms with Gasteiger partial charge in [-0.1, -0.05) is 6.92 Å². The van der Waals surface area contributed by atoms with Gasteiger partial charge in [0.25, 0.3) is 0 Å². The first-order chi connectivity index (χ1) is 9.03. The van der Waals surface area contributed by atoms with Crippen molar-refractivity contribution in [3.05, 3.63) is 0 Å². The smallest absolute Gasteiger partial charge is 0.390 e. The summed E-state index contributed by atoms with van der Waals surface area (Å²) < 4.78 is 14.0. The van der Waals surface area contributed by atoms with Gasteiger partial charge in [-0.2, -0.15) is 0 Å². The van der Waals surface area contributed by atoms with Crippen molar-refractivity contribution in [3.63, 3.8) is 0 Å². The number of rotatable bonds is 7. The fraction of sp³-hybridized carbons (Fsp3) is 0.727. The first kappa shape index (κ1) is 17.0. The van der Waals surface area contributed by atoms with Crippen molar-refractivity contribution in [1.29, 1.82) is 0 Å². The van der Waals surface area contributed by atoms with Gasteiger partial charge in [-0.25, -0.2) is 9.59 Å². The van der Waals surface area contributed by atoms with Crippen LogP contribution < -0.4 is 10.6 Å². The van der Waals surface area contributed by atoms with Crippen molar-refractivity contribution < 1.29 is 28.6 Å². The number of carbonyl (C=O) groups is 3. The van der Waals surface area contributed by atoms with Gasteiger partial charge in [0, 0.05) is 19.5 Å². The van der Waals surface area contributed by atoms with Crippen LogP contribution in [-0.2, 0) is 19.0 Å². The van der Waals surface area contributed by atoms with E-state index in [2.05, 4.69) is 20.1 Å². The Morgan fingerprint density at radius 2 is 1.37 bits per heavy atom. The Morgan fingerprint density at radius 1 is 0.895 bits per heavy atom. The van der Waals surface area contributed by atoms with Crippen LogP contribution in [0.2, 0.25) is 0 Å². The quantitative estimate of drug-likeness (QED) is 0.533. The van der Waals surface area contributed by atoms with E-state index in [4.69, 9.17) is 4.74 Å². The minimum Gasteiger partial charge on any atom is -0.390 e. The van der Waals surface area contributed by atoms with Crippen LogP contribution in [0.15, 0.2) is 0 Å². The molecule has 0 atom stereocenters. The Labute approximate surface area is 111 Å².